The van der Waals surface area contributed by atoms with E-state index in [9.17, 15) is 18.0 Å². The molecule has 6 nitrogen and oxygen atoms in total. The summed E-state index contributed by atoms with van der Waals surface area (Å²) in [6.45, 7) is 0. The van der Waals surface area contributed by atoms with E-state index in [1.165, 1.54) is 0 Å². The van der Waals surface area contributed by atoms with E-state index >= 15 is 0 Å². The number of aliphatic carboxylic acids is 1. The van der Waals surface area contributed by atoms with Crippen molar-refractivity contribution >= 4 is 21.7 Å². The summed E-state index contributed by atoms with van der Waals surface area (Å²) in [7, 11) is -3.25. The van der Waals surface area contributed by atoms with Crippen molar-refractivity contribution in [2.24, 2.45) is 0 Å². The van der Waals surface area contributed by atoms with Gasteiger partial charge in [0.15, 0.2) is 0 Å². The number of rotatable bonds is 9. The largest absolute Gasteiger partial charge is 0.480 e. The lowest BCUT2D eigenvalue weighted by molar-refractivity contribution is -0.141. The molecule has 0 heterocycles. The Bertz CT molecular complexity index is 449. The number of carbonyl (C=O) groups is 2. The predicted molar refractivity (Wildman–Crippen MR) is 71.2 cm³/mol. The fourth-order valence-electron chi connectivity index (χ4n) is 1.37. The van der Waals surface area contributed by atoms with Gasteiger partial charge in [0.2, 0.25) is 5.91 Å². The van der Waals surface area contributed by atoms with Crippen LogP contribution in [0, 0.1) is 12.3 Å². The predicted octanol–water partition coefficient (Wildman–Crippen LogP) is 0.184. The first-order valence-corrected chi connectivity index (χ1v) is 7.95. The van der Waals surface area contributed by atoms with Gasteiger partial charge in [-0.3, -0.25) is 4.79 Å². The van der Waals surface area contributed by atoms with Crippen molar-refractivity contribution in [3.8, 4) is 12.3 Å². The van der Waals surface area contributed by atoms with Crippen LogP contribution in [0.4, 0.5) is 0 Å². The lowest BCUT2D eigenvalue weighted by Gasteiger charge is -2.13. The van der Waals surface area contributed by atoms with Crippen LogP contribution in [0.25, 0.3) is 0 Å². The summed E-state index contributed by atoms with van der Waals surface area (Å²) in [6.07, 6.45) is 7.98. The fourth-order valence-corrected chi connectivity index (χ4v) is 2.03. The molecule has 0 radical (unpaired) electrons. The summed E-state index contributed by atoms with van der Waals surface area (Å²) >= 11 is 0. The summed E-state index contributed by atoms with van der Waals surface area (Å²) in [5.74, 6) is 0.528. The standard InChI is InChI=1S/C12H19NO5S/c1-3-4-5-6-7-11(14)13-10(12(15)16)8-9-19(2,17)18/h1,10H,4-9H2,2H3,(H,13,14)(H,15,16). The van der Waals surface area contributed by atoms with Crippen molar-refractivity contribution in [3.63, 3.8) is 0 Å². The smallest absolute Gasteiger partial charge is 0.326 e. The maximum Gasteiger partial charge on any atom is 0.326 e. The molecule has 0 saturated carbocycles. The molecule has 0 aliphatic rings. The van der Waals surface area contributed by atoms with Gasteiger partial charge >= 0.3 is 5.97 Å². The Kier molecular flexibility index (Phi) is 7.84. The molecule has 108 valence electrons. The zero-order valence-electron chi connectivity index (χ0n) is 10.9. The van der Waals surface area contributed by atoms with E-state index in [1.54, 1.807) is 0 Å². The lowest BCUT2D eigenvalue weighted by atomic mass is 10.1. The summed E-state index contributed by atoms with van der Waals surface area (Å²) in [5, 5.41) is 11.2. The molecule has 7 heteroatoms. The Balaban J connectivity index is 4.17. The summed E-state index contributed by atoms with van der Waals surface area (Å²) in [4.78, 5) is 22.4. The Morgan fingerprint density at radius 2 is 2.00 bits per heavy atom. The number of carboxylic acid groups (broad SMARTS) is 1. The van der Waals surface area contributed by atoms with E-state index in [0.717, 1.165) is 6.26 Å². The van der Waals surface area contributed by atoms with Gasteiger partial charge in [-0.05, 0) is 19.3 Å². The molecule has 0 spiro atoms. The molecule has 1 amide bonds. The third kappa shape index (κ3) is 10.1. The second-order valence-electron chi connectivity index (χ2n) is 4.29. The number of unbranched alkanes of at least 4 members (excludes halogenated alkanes) is 2. The molecule has 19 heavy (non-hydrogen) atoms. The third-order valence-corrected chi connectivity index (χ3v) is 3.36. The SMILES string of the molecule is C#CCCCCC(=O)NC(CCS(C)(=O)=O)C(=O)O. The molecule has 0 rings (SSSR count). The topological polar surface area (TPSA) is 101 Å². The number of amides is 1. The van der Waals surface area contributed by atoms with Crippen molar-refractivity contribution in [2.75, 3.05) is 12.0 Å². The Labute approximate surface area is 113 Å². The van der Waals surface area contributed by atoms with E-state index in [-0.39, 0.29) is 18.6 Å². The van der Waals surface area contributed by atoms with Crippen LogP contribution in [0.15, 0.2) is 0 Å². The lowest BCUT2D eigenvalue weighted by Crippen LogP contribution is -2.41. The molecule has 0 aliphatic heterocycles. The van der Waals surface area contributed by atoms with Gasteiger partial charge in [-0.15, -0.1) is 12.3 Å². The first kappa shape index (κ1) is 17.4. The molecule has 0 aromatic rings. The zero-order chi connectivity index (χ0) is 14.9. The maximum absolute atomic E-state index is 11.5. The fraction of sp³-hybridized carbons (Fsp3) is 0.667. The van der Waals surface area contributed by atoms with Crippen molar-refractivity contribution in [3.05, 3.63) is 0 Å². The molecule has 2 N–H and O–H groups in total. The number of terminal acetylenes is 1. The van der Waals surface area contributed by atoms with E-state index in [0.29, 0.717) is 19.3 Å². The van der Waals surface area contributed by atoms with Gasteiger partial charge in [-0.2, -0.15) is 0 Å². The molecule has 0 bridgehead atoms. The number of carboxylic acids is 1. The minimum Gasteiger partial charge on any atom is -0.480 e. The van der Waals surface area contributed by atoms with Crippen LogP contribution in [0.1, 0.15) is 32.1 Å². The van der Waals surface area contributed by atoms with Crippen LogP contribution in [-0.4, -0.2) is 43.5 Å². The minimum atomic E-state index is -3.25. The van der Waals surface area contributed by atoms with Gasteiger partial charge in [-0.25, -0.2) is 13.2 Å². The molecular weight excluding hydrogens is 270 g/mol. The highest BCUT2D eigenvalue weighted by Gasteiger charge is 2.21. The molecule has 1 unspecified atom stereocenters. The second-order valence-corrected chi connectivity index (χ2v) is 6.55. The molecule has 1 atom stereocenters. The highest BCUT2D eigenvalue weighted by molar-refractivity contribution is 7.90. The molecule has 0 saturated heterocycles. The van der Waals surface area contributed by atoms with E-state index < -0.39 is 27.8 Å². The number of hydrogen-bond donors (Lipinski definition) is 2. The molecular formula is C12H19NO5S. The Morgan fingerprint density at radius 1 is 1.37 bits per heavy atom. The average molecular weight is 289 g/mol. The summed E-state index contributed by atoms with van der Waals surface area (Å²) < 4.78 is 21.9. The average Bonchev–Trinajstić information content (AvgIpc) is 2.28. The highest BCUT2D eigenvalue weighted by Crippen LogP contribution is 2.01. The number of carbonyl (C=O) groups excluding carboxylic acids is 1. The van der Waals surface area contributed by atoms with Crippen LogP contribution in [0.5, 0.6) is 0 Å². The minimum absolute atomic E-state index is 0.135. The van der Waals surface area contributed by atoms with Crippen LogP contribution in [0.3, 0.4) is 0 Å². The highest BCUT2D eigenvalue weighted by atomic mass is 32.2. The van der Waals surface area contributed by atoms with Gasteiger partial charge < -0.3 is 10.4 Å². The number of hydrogen-bond acceptors (Lipinski definition) is 4. The Morgan fingerprint density at radius 3 is 2.47 bits per heavy atom. The van der Waals surface area contributed by atoms with Gasteiger partial charge in [0.1, 0.15) is 15.9 Å². The van der Waals surface area contributed by atoms with Crippen LogP contribution < -0.4 is 5.32 Å². The van der Waals surface area contributed by atoms with E-state index in [4.69, 9.17) is 11.5 Å². The maximum atomic E-state index is 11.5. The summed E-state index contributed by atoms with van der Waals surface area (Å²) in [6, 6.07) is -1.17. The van der Waals surface area contributed by atoms with E-state index in [1.807, 2.05) is 0 Å². The van der Waals surface area contributed by atoms with Gasteiger partial charge in [0, 0.05) is 19.1 Å². The first-order chi connectivity index (χ1) is 8.76. The van der Waals surface area contributed by atoms with Crippen molar-refractivity contribution < 1.29 is 23.1 Å². The van der Waals surface area contributed by atoms with Crippen LogP contribution >= 0.6 is 0 Å². The van der Waals surface area contributed by atoms with E-state index in [2.05, 4.69) is 11.2 Å². The van der Waals surface area contributed by atoms with Crippen molar-refractivity contribution in [1.82, 2.24) is 5.32 Å². The van der Waals surface area contributed by atoms with Gasteiger partial charge in [-0.1, -0.05) is 0 Å². The molecule has 0 aromatic heterocycles. The second kappa shape index (κ2) is 8.53. The number of sulfone groups is 1. The van der Waals surface area contributed by atoms with Crippen LogP contribution in [-0.2, 0) is 19.4 Å². The zero-order valence-corrected chi connectivity index (χ0v) is 11.7. The molecule has 0 aliphatic carbocycles. The molecule has 0 fully saturated rings. The Hall–Kier alpha value is -1.55. The van der Waals surface area contributed by atoms with Crippen LogP contribution in [0.2, 0.25) is 0 Å². The van der Waals surface area contributed by atoms with Crippen molar-refractivity contribution in [1.29, 1.82) is 0 Å². The quantitative estimate of drug-likeness (QED) is 0.466. The monoisotopic (exact) mass is 289 g/mol. The normalized spacial score (nSPS) is 12.4. The van der Waals surface area contributed by atoms with Gasteiger partial charge in [0.05, 0.1) is 5.75 Å². The molecule has 0 aromatic carbocycles. The number of nitrogens with one attached hydrogen (secondary N) is 1. The van der Waals surface area contributed by atoms with Crippen molar-refractivity contribution in [2.45, 2.75) is 38.1 Å². The summed E-state index contributed by atoms with van der Waals surface area (Å²) in [5.41, 5.74) is 0. The third-order valence-electron chi connectivity index (χ3n) is 2.39. The van der Waals surface area contributed by atoms with Gasteiger partial charge in [0.25, 0.3) is 0 Å². The first-order valence-electron chi connectivity index (χ1n) is 5.89.